The Morgan fingerprint density at radius 2 is 2.23 bits per heavy atom. The van der Waals surface area contributed by atoms with Crippen LogP contribution < -0.4 is 0 Å². The van der Waals surface area contributed by atoms with E-state index >= 15 is 0 Å². The van der Waals surface area contributed by atoms with Gasteiger partial charge in [0.15, 0.2) is 0 Å². The highest BCUT2D eigenvalue weighted by Crippen LogP contribution is 2.16. The summed E-state index contributed by atoms with van der Waals surface area (Å²) in [4.78, 5) is 0. The highest BCUT2D eigenvalue weighted by Gasteiger charge is 2.07. The number of nitrogens with zero attached hydrogens (tertiary/aromatic N) is 2. The van der Waals surface area contributed by atoms with Crippen molar-refractivity contribution in [3.05, 3.63) is 23.5 Å². The van der Waals surface area contributed by atoms with E-state index < -0.39 is 0 Å². The van der Waals surface area contributed by atoms with Gasteiger partial charge >= 0.3 is 0 Å². The second-order valence-electron chi connectivity index (χ2n) is 2.83. The van der Waals surface area contributed by atoms with Gasteiger partial charge in [-0.2, -0.15) is 5.10 Å². The minimum atomic E-state index is 0.973. The number of allylic oxidation sites excluding steroid dienone is 1. The summed E-state index contributed by atoms with van der Waals surface area (Å²) in [5, 5.41) is 4.43. The SMILES string of the molecule is CC.CCn1cc2c(n1)CCC=C2. The lowest BCUT2D eigenvalue weighted by Crippen LogP contribution is -1.96. The maximum atomic E-state index is 4.43. The Balaban J connectivity index is 0.000000396. The number of fused-ring (bicyclic) bond motifs is 1. The van der Waals surface area contributed by atoms with Crippen molar-refractivity contribution in [1.82, 2.24) is 9.78 Å². The molecule has 2 heteroatoms. The van der Waals surface area contributed by atoms with Crippen LogP contribution in [0, 0.1) is 0 Å². The fourth-order valence-electron chi connectivity index (χ4n) is 1.40. The minimum absolute atomic E-state index is 0.973. The molecular weight excluding hydrogens is 160 g/mol. The maximum absolute atomic E-state index is 4.43. The van der Waals surface area contributed by atoms with Crippen LogP contribution in [0.25, 0.3) is 6.08 Å². The first kappa shape index (κ1) is 10.0. The molecule has 1 aromatic rings. The molecule has 0 aliphatic heterocycles. The van der Waals surface area contributed by atoms with E-state index in [9.17, 15) is 0 Å². The summed E-state index contributed by atoms with van der Waals surface area (Å²) < 4.78 is 2.00. The van der Waals surface area contributed by atoms with Crippen LogP contribution in [0.2, 0.25) is 0 Å². The predicted molar refractivity (Wildman–Crippen MR) is 56.6 cm³/mol. The quantitative estimate of drug-likeness (QED) is 0.646. The molecule has 0 saturated heterocycles. The second kappa shape index (κ2) is 4.85. The molecule has 2 rings (SSSR count). The number of hydrogen-bond acceptors (Lipinski definition) is 1. The van der Waals surface area contributed by atoms with Crippen LogP contribution in [0.5, 0.6) is 0 Å². The molecule has 0 radical (unpaired) electrons. The smallest absolute Gasteiger partial charge is 0.0699 e. The number of hydrogen-bond donors (Lipinski definition) is 0. The monoisotopic (exact) mass is 178 g/mol. The van der Waals surface area contributed by atoms with Gasteiger partial charge in [-0.25, -0.2) is 0 Å². The lowest BCUT2D eigenvalue weighted by atomic mass is 10.1. The van der Waals surface area contributed by atoms with E-state index in [4.69, 9.17) is 0 Å². The maximum Gasteiger partial charge on any atom is 0.0699 e. The van der Waals surface area contributed by atoms with Crippen LogP contribution in [0.3, 0.4) is 0 Å². The lowest BCUT2D eigenvalue weighted by molar-refractivity contribution is 0.646. The van der Waals surface area contributed by atoms with Gasteiger partial charge in [0.2, 0.25) is 0 Å². The molecule has 0 N–H and O–H groups in total. The van der Waals surface area contributed by atoms with Gasteiger partial charge < -0.3 is 0 Å². The Morgan fingerprint density at radius 3 is 2.85 bits per heavy atom. The van der Waals surface area contributed by atoms with Crippen LogP contribution >= 0.6 is 0 Å². The molecule has 0 amide bonds. The van der Waals surface area contributed by atoms with Crippen molar-refractivity contribution in [3.63, 3.8) is 0 Å². The molecule has 1 aliphatic carbocycles. The van der Waals surface area contributed by atoms with Crippen molar-refractivity contribution in [1.29, 1.82) is 0 Å². The normalized spacial score (nSPS) is 13.2. The van der Waals surface area contributed by atoms with Crippen molar-refractivity contribution in [2.75, 3.05) is 0 Å². The molecular formula is C11H18N2. The van der Waals surface area contributed by atoms with Gasteiger partial charge in [0.1, 0.15) is 0 Å². The van der Waals surface area contributed by atoms with Crippen molar-refractivity contribution in [2.45, 2.75) is 40.2 Å². The van der Waals surface area contributed by atoms with Gasteiger partial charge in [-0.1, -0.05) is 26.0 Å². The summed E-state index contributed by atoms with van der Waals surface area (Å²) in [5.41, 5.74) is 2.56. The zero-order chi connectivity index (χ0) is 9.68. The van der Waals surface area contributed by atoms with Crippen molar-refractivity contribution < 1.29 is 0 Å². The van der Waals surface area contributed by atoms with E-state index in [0.29, 0.717) is 0 Å². The van der Waals surface area contributed by atoms with Gasteiger partial charge in [0.25, 0.3) is 0 Å². The molecule has 1 aliphatic rings. The minimum Gasteiger partial charge on any atom is -0.272 e. The average Bonchev–Trinajstić information content (AvgIpc) is 2.63. The van der Waals surface area contributed by atoms with E-state index in [0.717, 1.165) is 19.4 Å². The molecule has 0 fully saturated rings. The third-order valence-corrected chi connectivity index (χ3v) is 2.04. The first-order chi connectivity index (χ1) is 6.40. The zero-order valence-electron chi connectivity index (χ0n) is 8.75. The van der Waals surface area contributed by atoms with E-state index in [2.05, 4.69) is 30.4 Å². The molecule has 0 spiro atoms. The van der Waals surface area contributed by atoms with Crippen LogP contribution in [-0.2, 0) is 13.0 Å². The topological polar surface area (TPSA) is 17.8 Å². The van der Waals surface area contributed by atoms with Crippen LogP contribution in [0.15, 0.2) is 12.3 Å². The number of aromatic nitrogens is 2. The van der Waals surface area contributed by atoms with Crippen molar-refractivity contribution in [2.24, 2.45) is 0 Å². The van der Waals surface area contributed by atoms with Crippen LogP contribution in [0.4, 0.5) is 0 Å². The predicted octanol–water partition coefficient (Wildman–Crippen LogP) is 2.89. The highest BCUT2D eigenvalue weighted by atomic mass is 15.3. The van der Waals surface area contributed by atoms with Crippen molar-refractivity contribution in [3.8, 4) is 0 Å². The Bertz CT molecular complexity index is 284. The van der Waals surface area contributed by atoms with Gasteiger partial charge in [0, 0.05) is 18.3 Å². The van der Waals surface area contributed by atoms with E-state index in [1.54, 1.807) is 0 Å². The lowest BCUT2D eigenvalue weighted by Gasteiger charge is -1.99. The third kappa shape index (κ3) is 2.20. The Hall–Kier alpha value is -1.05. The zero-order valence-corrected chi connectivity index (χ0v) is 8.75. The van der Waals surface area contributed by atoms with Crippen LogP contribution in [-0.4, -0.2) is 9.78 Å². The third-order valence-electron chi connectivity index (χ3n) is 2.04. The molecule has 0 bridgehead atoms. The molecule has 1 aromatic heterocycles. The molecule has 2 nitrogen and oxygen atoms in total. The number of aryl methyl sites for hydroxylation is 2. The fraction of sp³-hybridized carbons (Fsp3) is 0.545. The molecule has 0 atom stereocenters. The summed E-state index contributed by atoms with van der Waals surface area (Å²) in [6, 6.07) is 0. The summed E-state index contributed by atoms with van der Waals surface area (Å²) in [6.07, 6.45) is 8.75. The molecule has 0 saturated carbocycles. The summed E-state index contributed by atoms with van der Waals surface area (Å²) >= 11 is 0. The van der Waals surface area contributed by atoms with Crippen LogP contribution in [0.1, 0.15) is 38.4 Å². The summed E-state index contributed by atoms with van der Waals surface area (Å²) in [6.45, 7) is 7.09. The van der Waals surface area contributed by atoms with E-state index in [-0.39, 0.29) is 0 Å². The Morgan fingerprint density at radius 1 is 1.46 bits per heavy atom. The standard InChI is InChI=1S/C9H12N2.C2H6/c1-2-11-7-8-5-3-4-6-9(8)10-11;1-2/h3,5,7H,2,4,6H2,1H3;1-2H3. The van der Waals surface area contributed by atoms with Gasteiger partial charge in [-0.15, -0.1) is 0 Å². The fourth-order valence-corrected chi connectivity index (χ4v) is 1.40. The first-order valence-corrected chi connectivity index (χ1v) is 5.13. The largest absolute Gasteiger partial charge is 0.272 e. The summed E-state index contributed by atoms with van der Waals surface area (Å²) in [5.74, 6) is 0. The van der Waals surface area contributed by atoms with Gasteiger partial charge in [-0.3, -0.25) is 4.68 Å². The van der Waals surface area contributed by atoms with Gasteiger partial charge in [-0.05, 0) is 19.8 Å². The van der Waals surface area contributed by atoms with Crippen molar-refractivity contribution >= 4 is 6.08 Å². The molecule has 13 heavy (non-hydrogen) atoms. The molecule has 1 heterocycles. The molecule has 0 aromatic carbocycles. The molecule has 0 unspecified atom stereocenters. The first-order valence-electron chi connectivity index (χ1n) is 5.13. The Kier molecular flexibility index (Phi) is 3.74. The highest BCUT2D eigenvalue weighted by molar-refractivity contribution is 5.53. The molecule has 72 valence electrons. The Labute approximate surface area is 80.3 Å². The average molecular weight is 178 g/mol. The number of rotatable bonds is 1. The summed E-state index contributed by atoms with van der Waals surface area (Å²) in [7, 11) is 0. The second-order valence-corrected chi connectivity index (χ2v) is 2.83. The van der Waals surface area contributed by atoms with E-state index in [1.807, 2.05) is 18.5 Å². The van der Waals surface area contributed by atoms with E-state index in [1.165, 1.54) is 11.3 Å². The van der Waals surface area contributed by atoms with Gasteiger partial charge in [0.05, 0.1) is 5.69 Å².